The van der Waals surface area contributed by atoms with E-state index in [1.807, 2.05) is 60.4 Å². The Morgan fingerprint density at radius 1 is 0.443 bits per heavy atom. The average molecular weight is 1230 g/mol. The highest BCUT2D eigenvalue weighted by atomic mass is 15.5. The molecule has 3 N–H and O–H groups in total. The second-order valence-electron chi connectivity index (χ2n) is 26.1. The molecule has 88 heavy (non-hydrogen) atoms. The number of hydrazine groups is 1. The van der Waals surface area contributed by atoms with Gasteiger partial charge in [0.05, 0.1) is 25.9 Å². The number of hydrazone groups is 1. The molecule has 18 nitrogen and oxygen atoms in total. The standard InChI is InChI=1S/C7H15N.2C7H13N.C7H11N.C6H14N2.2C6H12N2.C6H10N2.2C6H12N2.C6H10N2/c4*1-7(2)8-5-3-4-6-8;4*1-6(2)8-4-3-7-5-8;3*1-6(2)8-5-3-4-7-8/h7H,3-6H2,1-2H3;3,5,7H,4,6H2,1-2H3;3-4,7H,5-6H2,1-2H3;3-7H,1-2H3;6-7H,3-5H2,1-2H3;5-6H,3-4H2,1-2H3;3-4,6-7H,5H2,1-2H3;3-6H,1-2H3;4,6H,3,5H2,1-2H3;3,5-7H,4H2,1-2H3;3-6H,1-2H3. The van der Waals surface area contributed by atoms with Gasteiger partial charge in [-0.1, -0.05) is 24.3 Å². The van der Waals surface area contributed by atoms with Gasteiger partial charge in [-0.05, 0) is 209 Å². The molecule has 0 unspecified atom stereocenters. The Morgan fingerprint density at radius 2 is 1.07 bits per heavy atom. The Kier molecular flexibility index (Phi) is 44.4. The van der Waals surface area contributed by atoms with Crippen molar-refractivity contribution < 1.29 is 0 Å². The summed E-state index contributed by atoms with van der Waals surface area (Å²) in [5, 5.41) is 18.7. The van der Waals surface area contributed by atoms with Crippen LogP contribution < -0.4 is 16.1 Å². The Balaban J connectivity index is 0.000000484. The van der Waals surface area contributed by atoms with Gasteiger partial charge in [-0.25, -0.2) is 10.4 Å². The van der Waals surface area contributed by atoms with Gasteiger partial charge < -0.3 is 44.4 Å². The lowest BCUT2D eigenvalue weighted by atomic mass is 10.3. The predicted octanol–water partition coefficient (Wildman–Crippen LogP) is 12.9. The molecule has 8 aliphatic heterocycles. The Morgan fingerprint density at radius 3 is 1.32 bits per heavy atom. The summed E-state index contributed by atoms with van der Waals surface area (Å²) in [4.78, 5) is 22.2. The van der Waals surface area contributed by atoms with E-state index in [0.29, 0.717) is 60.4 Å². The number of aromatic nitrogens is 5. The summed E-state index contributed by atoms with van der Waals surface area (Å²) in [6.07, 6.45) is 39.7. The van der Waals surface area contributed by atoms with E-state index < -0.39 is 0 Å². The third-order valence-electron chi connectivity index (χ3n) is 15.2. The second kappa shape index (κ2) is 48.5. The molecule has 0 aliphatic carbocycles. The van der Waals surface area contributed by atoms with Crippen LogP contribution in [-0.2, 0) is 0 Å². The lowest BCUT2D eigenvalue weighted by Crippen LogP contribution is -2.34. The molecule has 0 bridgehead atoms. The molecule has 3 aromatic rings. The maximum atomic E-state index is 4.14. The van der Waals surface area contributed by atoms with E-state index >= 15 is 0 Å². The number of hydrogen-bond donors (Lipinski definition) is 3. The van der Waals surface area contributed by atoms with Crippen LogP contribution in [0.15, 0.2) is 121 Å². The predicted molar refractivity (Wildman–Crippen MR) is 381 cm³/mol. The van der Waals surface area contributed by atoms with Crippen molar-refractivity contribution in [2.24, 2.45) is 10.1 Å². The minimum Gasteiger partial charge on any atom is -0.375 e. The fourth-order valence-electron chi connectivity index (χ4n) is 8.96. The van der Waals surface area contributed by atoms with Crippen molar-refractivity contribution in [2.75, 3.05) is 85.3 Å². The Hall–Kier alpha value is -5.40. The van der Waals surface area contributed by atoms with Crippen molar-refractivity contribution >= 4 is 12.6 Å². The molecular weight excluding hydrogens is 1090 g/mol. The van der Waals surface area contributed by atoms with E-state index in [1.165, 1.54) is 45.4 Å². The van der Waals surface area contributed by atoms with Crippen molar-refractivity contribution in [3.05, 3.63) is 111 Å². The average Bonchev–Trinajstić information content (AvgIpc) is 4.34. The maximum absolute atomic E-state index is 4.14. The highest BCUT2D eigenvalue weighted by Gasteiger charge is 2.15. The zero-order chi connectivity index (χ0) is 65.8. The van der Waals surface area contributed by atoms with E-state index in [4.69, 9.17) is 0 Å². The molecule has 0 spiro atoms. The first-order valence-corrected chi connectivity index (χ1v) is 33.8. The van der Waals surface area contributed by atoms with Gasteiger partial charge in [0.1, 0.15) is 0 Å². The molecule has 11 rings (SSSR count). The molecule has 0 saturated carbocycles. The Labute approximate surface area is 540 Å². The van der Waals surface area contributed by atoms with Gasteiger partial charge in [-0.15, -0.1) is 0 Å². The van der Waals surface area contributed by atoms with Crippen LogP contribution in [0, 0.1) is 0 Å². The van der Waals surface area contributed by atoms with Crippen LogP contribution in [0.2, 0.25) is 0 Å². The highest BCUT2D eigenvalue weighted by Crippen LogP contribution is 2.11. The van der Waals surface area contributed by atoms with Gasteiger partial charge in [0, 0.05) is 194 Å². The van der Waals surface area contributed by atoms with Crippen LogP contribution in [0.25, 0.3) is 0 Å². The van der Waals surface area contributed by atoms with E-state index in [1.54, 1.807) is 12.4 Å². The van der Waals surface area contributed by atoms with E-state index in [0.717, 1.165) is 71.6 Å². The smallest absolute Gasteiger partial charge is 0.0948 e. The first kappa shape index (κ1) is 80.6. The van der Waals surface area contributed by atoms with Crippen LogP contribution in [-0.4, -0.2) is 210 Å². The third kappa shape index (κ3) is 38.2. The summed E-state index contributed by atoms with van der Waals surface area (Å²) in [7, 11) is 0. The van der Waals surface area contributed by atoms with Gasteiger partial charge in [0.25, 0.3) is 0 Å². The molecule has 2 saturated heterocycles. The van der Waals surface area contributed by atoms with Crippen molar-refractivity contribution in [3.63, 3.8) is 0 Å². The van der Waals surface area contributed by atoms with E-state index in [2.05, 4.69) is 292 Å². The molecule has 8 aliphatic rings. The highest BCUT2D eigenvalue weighted by molar-refractivity contribution is 5.58. The molecule has 18 heteroatoms. The zero-order valence-electron chi connectivity index (χ0n) is 60.1. The monoisotopic (exact) mass is 1230 g/mol. The van der Waals surface area contributed by atoms with Crippen molar-refractivity contribution in [1.82, 2.24) is 79.4 Å². The quantitative estimate of drug-likeness (QED) is 0.158. The van der Waals surface area contributed by atoms with Gasteiger partial charge in [-0.2, -0.15) is 10.2 Å². The molecular formula is C70H134N18. The molecule has 0 amide bonds. The minimum atomic E-state index is 0.491. The van der Waals surface area contributed by atoms with Gasteiger partial charge >= 0.3 is 0 Å². The van der Waals surface area contributed by atoms with Crippen LogP contribution >= 0.6 is 0 Å². The number of likely N-dealkylation sites (tertiary alicyclic amines) is 1. The van der Waals surface area contributed by atoms with Crippen molar-refractivity contribution in [3.8, 4) is 0 Å². The van der Waals surface area contributed by atoms with Crippen LogP contribution in [0.1, 0.15) is 196 Å². The Bertz CT molecular complexity index is 1910. The molecule has 3 aromatic heterocycles. The molecule has 0 radical (unpaired) electrons. The lowest BCUT2D eigenvalue weighted by molar-refractivity contribution is 0.250. The lowest BCUT2D eigenvalue weighted by Gasteiger charge is -2.19. The molecule has 504 valence electrons. The fraction of sp³-hybridized carbons (Fsp3) is 0.714. The molecule has 2 fully saturated rings. The largest absolute Gasteiger partial charge is 0.375 e. The zero-order valence-corrected chi connectivity index (χ0v) is 60.1. The van der Waals surface area contributed by atoms with E-state index in [-0.39, 0.29) is 0 Å². The van der Waals surface area contributed by atoms with Crippen LogP contribution in [0.4, 0.5) is 0 Å². The second-order valence-corrected chi connectivity index (χ2v) is 26.1. The summed E-state index contributed by atoms with van der Waals surface area (Å²) < 4.78 is 6.14. The molecule has 0 aromatic carbocycles. The first-order chi connectivity index (χ1) is 41.8. The number of nitrogens with zero attached hydrogens (tertiary/aromatic N) is 15. The van der Waals surface area contributed by atoms with Crippen molar-refractivity contribution in [1.29, 1.82) is 0 Å². The summed E-state index contributed by atoms with van der Waals surface area (Å²) in [6, 6.07) is 12.9. The fourth-order valence-corrected chi connectivity index (χ4v) is 8.96. The van der Waals surface area contributed by atoms with Crippen LogP contribution in [0.3, 0.4) is 0 Å². The normalized spacial score (nSPS) is 17.3. The molecule has 11 heterocycles. The van der Waals surface area contributed by atoms with Gasteiger partial charge in [0.15, 0.2) is 0 Å². The topological polar surface area (TPSA) is 127 Å². The minimum absolute atomic E-state index is 0.491. The summed E-state index contributed by atoms with van der Waals surface area (Å²) in [5.41, 5.74) is 3.18. The summed E-state index contributed by atoms with van der Waals surface area (Å²) in [5.74, 6) is 0. The number of rotatable bonds is 11. The number of hydrogen-bond acceptors (Lipinski definition) is 15. The summed E-state index contributed by atoms with van der Waals surface area (Å²) >= 11 is 0. The maximum Gasteiger partial charge on any atom is 0.0948 e. The van der Waals surface area contributed by atoms with Crippen molar-refractivity contribution in [2.45, 2.75) is 244 Å². The van der Waals surface area contributed by atoms with Gasteiger partial charge in [-0.3, -0.25) is 24.5 Å². The summed E-state index contributed by atoms with van der Waals surface area (Å²) in [6.45, 7) is 62.8. The van der Waals surface area contributed by atoms with Gasteiger partial charge in [0.2, 0.25) is 0 Å². The SMILES string of the molecule is CC(C)N1C=CCC1.CC(C)N1C=CCN1.CC(C)N1C=CNC1.CC(C)N1C=NCC1.CC(C)N1CC=CC1.CC(C)N1CCC=N1.CC(C)N1CCCC1.CC(C)N1CCNC1.CC(C)n1cccc1.CC(C)n1cccn1.CC(C)n1ccnc1. The third-order valence-corrected chi connectivity index (χ3v) is 15.2. The van der Waals surface area contributed by atoms with Crippen LogP contribution in [0.5, 0.6) is 0 Å². The first-order valence-electron chi connectivity index (χ1n) is 33.8. The van der Waals surface area contributed by atoms with E-state index in [9.17, 15) is 0 Å². The molecule has 0 atom stereocenters. The number of nitrogens with one attached hydrogen (secondary N) is 3. The number of aliphatic imine (C=N–C) groups is 1. The number of imidazole rings is 1.